The Morgan fingerprint density at radius 3 is 2.75 bits per heavy atom. The van der Waals surface area contributed by atoms with Gasteiger partial charge < -0.3 is 15.0 Å². The average molecular weight is 228 g/mol. The summed E-state index contributed by atoms with van der Waals surface area (Å²) in [6, 6.07) is 0. The molecular formula is C12H24N2O2. The predicted octanol–water partition coefficient (Wildman–Crippen LogP) is 0.868. The second kappa shape index (κ2) is 5.15. The third kappa shape index (κ3) is 3.46. The SMILES string of the molecule is CNCC(C)C(=O)N1CC(C)OC(C)(C)C1. The minimum Gasteiger partial charge on any atom is -0.369 e. The molecule has 1 fully saturated rings. The fraction of sp³-hybridized carbons (Fsp3) is 0.917. The highest BCUT2D eigenvalue weighted by Crippen LogP contribution is 2.21. The molecule has 1 saturated heterocycles. The van der Waals surface area contributed by atoms with E-state index in [9.17, 15) is 4.79 Å². The summed E-state index contributed by atoms with van der Waals surface area (Å²) in [6.45, 7) is 10.2. The molecule has 1 amide bonds. The number of carbonyl (C=O) groups is 1. The van der Waals surface area contributed by atoms with Crippen molar-refractivity contribution in [3.63, 3.8) is 0 Å². The zero-order valence-corrected chi connectivity index (χ0v) is 11.0. The first-order valence-corrected chi connectivity index (χ1v) is 5.97. The second-order valence-electron chi connectivity index (χ2n) is 5.37. The maximum absolute atomic E-state index is 12.2. The molecule has 0 aromatic rings. The lowest BCUT2D eigenvalue weighted by atomic mass is 10.0. The molecule has 94 valence electrons. The number of nitrogens with zero attached hydrogens (tertiary/aromatic N) is 1. The molecule has 16 heavy (non-hydrogen) atoms. The fourth-order valence-corrected chi connectivity index (χ4v) is 2.33. The highest BCUT2D eigenvalue weighted by molar-refractivity contribution is 5.79. The van der Waals surface area contributed by atoms with Crippen molar-refractivity contribution >= 4 is 5.91 Å². The molecule has 4 heteroatoms. The Balaban J connectivity index is 2.62. The zero-order chi connectivity index (χ0) is 12.3. The summed E-state index contributed by atoms with van der Waals surface area (Å²) in [5, 5.41) is 3.04. The van der Waals surface area contributed by atoms with Crippen molar-refractivity contribution in [3.05, 3.63) is 0 Å². The molecule has 2 unspecified atom stereocenters. The van der Waals surface area contributed by atoms with Crippen LogP contribution in [0.5, 0.6) is 0 Å². The molecule has 1 aliphatic heterocycles. The van der Waals surface area contributed by atoms with Gasteiger partial charge in [-0.15, -0.1) is 0 Å². The summed E-state index contributed by atoms with van der Waals surface area (Å²) >= 11 is 0. The number of hydrogen-bond acceptors (Lipinski definition) is 3. The van der Waals surface area contributed by atoms with Crippen molar-refractivity contribution in [3.8, 4) is 0 Å². The number of amides is 1. The molecule has 1 rings (SSSR count). The molecule has 4 nitrogen and oxygen atoms in total. The summed E-state index contributed by atoms with van der Waals surface area (Å²) < 4.78 is 5.78. The van der Waals surface area contributed by atoms with Gasteiger partial charge in [-0.3, -0.25) is 4.79 Å². The van der Waals surface area contributed by atoms with Crippen molar-refractivity contribution in [1.82, 2.24) is 10.2 Å². The van der Waals surface area contributed by atoms with E-state index in [0.717, 1.165) is 6.54 Å². The molecule has 2 atom stereocenters. The maximum atomic E-state index is 12.2. The third-order valence-electron chi connectivity index (χ3n) is 2.81. The van der Waals surface area contributed by atoms with Crippen LogP contribution >= 0.6 is 0 Å². The van der Waals surface area contributed by atoms with E-state index in [2.05, 4.69) is 5.32 Å². The topological polar surface area (TPSA) is 41.6 Å². The van der Waals surface area contributed by atoms with Crippen molar-refractivity contribution in [1.29, 1.82) is 0 Å². The largest absolute Gasteiger partial charge is 0.369 e. The Morgan fingerprint density at radius 1 is 1.62 bits per heavy atom. The van der Waals surface area contributed by atoms with Crippen LogP contribution in [0.3, 0.4) is 0 Å². The van der Waals surface area contributed by atoms with Crippen molar-refractivity contribution in [2.24, 2.45) is 5.92 Å². The van der Waals surface area contributed by atoms with Gasteiger partial charge in [0.1, 0.15) is 0 Å². The Kier molecular flexibility index (Phi) is 4.33. The van der Waals surface area contributed by atoms with E-state index < -0.39 is 0 Å². The molecular weight excluding hydrogens is 204 g/mol. The normalized spacial score (nSPS) is 26.6. The minimum absolute atomic E-state index is 0.0334. The van der Waals surface area contributed by atoms with Gasteiger partial charge in [-0.05, 0) is 27.8 Å². The number of rotatable bonds is 3. The van der Waals surface area contributed by atoms with Gasteiger partial charge >= 0.3 is 0 Å². The number of nitrogens with one attached hydrogen (secondary N) is 1. The Labute approximate surface area is 98.3 Å². The summed E-state index contributed by atoms with van der Waals surface area (Å²) in [5.41, 5.74) is -0.229. The molecule has 1 aliphatic rings. The fourth-order valence-electron chi connectivity index (χ4n) is 2.33. The summed E-state index contributed by atoms with van der Waals surface area (Å²) in [4.78, 5) is 14.1. The molecule has 0 saturated carbocycles. The van der Waals surface area contributed by atoms with Crippen LogP contribution in [0.2, 0.25) is 0 Å². The van der Waals surface area contributed by atoms with Crippen LogP contribution in [-0.2, 0) is 9.53 Å². The van der Waals surface area contributed by atoms with Crippen molar-refractivity contribution in [2.75, 3.05) is 26.7 Å². The Bertz CT molecular complexity index is 253. The lowest BCUT2D eigenvalue weighted by Crippen LogP contribution is -2.55. The number of morpholine rings is 1. The highest BCUT2D eigenvalue weighted by Gasteiger charge is 2.34. The highest BCUT2D eigenvalue weighted by atomic mass is 16.5. The summed E-state index contributed by atoms with van der Waals surface area (Å²) in [5.74, 6) is 0.253. The first-order valence-electron chi connectivity index (χ1n) is 5.97. The maximum Gasteiger partial charge on any atom is 0.226 e. The van der Waals surface area contributed by atoms with Gasteiger partial charge in [0.05, 0.1) is 11.7 Å². The smallest absolute Gasteiger partial charge is 0.226 e. The van der Waals surface area contributed by atoms with Crippen LogP contribution in [0.4, 0.5) is 0 Å². The molecule has 0 bridgehead atoms. The van der Waals surface area contributed by atoms with Crippen LogP contribution in [0, 0.1) is 5.92 Å². The Hall–Kier alpha value is -0.610. The van der Waals surface area contributed by atoms with E-state index in [4.69, 9.17) is 4.74 Å². The third-order valence-corrected chi connectivity index (χ3v) is 2.81. The van der Waals surface area contributed by atoms with Gasteiger partial charge in [0.15, 0.2) is 0 Å². The molecule has 0 aromatic heterocycles. The lowest BCUT2D eigenvalue weighted by Gasteiger charge is -2.42. The first kappa shape index (κ1) is 13.5. The van der Waals surface area contributed by atoms with Crippen LogP contribution < -0.4 is 5.32 Å². The van der Waals surface area contributed by atoms with Crippen LogP contribution in [-0.4, -0.2) is 49.2 Å². The predicted molar refractivity (Wildman–Crippen MR) is 64.3 cm³/mol. The second-order valence-corrected chi connectivity index (χ2v) is 5.37. The molecule has 0 aromatic carbocycles. The molecule has 0 aliphatic carbocycles. The van der Waals surface area contributed by atoms with Gasteiger partial charge in [0.2, 0.25) is 5.91 Å². The number of carbonyl (C=O) groups excluding carboxylic acids is 1. The van der Waals surface area contributed by atoms with E-state index in [1.54, 1.807) is 0 Å². The quantitative estimate of drug-likeness (QED) is 0.779. The first-order chi connectivity index (χ1) is 7.35. The van der Waals surface area contributed by atoms with Crippen LogP contribution in [0.1, 0.15) is 27.7 Å². The van der Waals surface area contributed by atoms with Crippen LogP contribution in [0.15, 0.2) is 0 Å². The molecule has 1 heterocycles. The molecule has 1 N–H and O–H groups in total. The van der Waals surface area contributed by atoms with E-state index in [1.165, 1.54) is 0 Å². The molecule has 0 spiro atoms. The van der Waals surface area contributed by atoms with E-state index in [0.29, 0.717) is 13.1 Å². The van der Waals surface area contributed by atoms with Gasteiger partial charge in [0.25, 0.3) is 0 Å². The number of ether oxygens (including phenoxy) is 1. The summed E-state index contributed by atoms with van der Waals surface area (Å²) in [6.07, 6.45) is 0.120. The van der Waals surface area contributed by atoms with E-state index >= 15 is 0 Å². The summed E-state index contributed by atoms with van der Waals surface area (Å²) in [7, 11) is 1.87. The van der Waals surface area contributed by atoms with Gasteiger partial charge in [0, 0.05) is 25.6 Å². The van der Waals surface area contributed by atoms with E-state index in [1.807, 2.05) is 39.6 Å². The average Bonchev–Trinajstić information content (AvgIpc) is 2.13. The Morgan fingerprint density at radius 2 is 2.25 bits per heavy atom. The standard InChI is InChI=1S/C12H24N2O2/c1-9(6-13-5)11(15)14-7-10(2)16-12(3,4)8-14/h9-10,13H,6-8H2,1-5H3. The van der Waals surface area contributed by atoms with Crippen LogP contribution in [0.25, 0.3) is 0 Å². The van der Waals surface area contributed by atoms with Crippen molar-refractivity contribution < 1.29 is 9.53 Å². The number of hydrogen-bond donors (Lipinski definition) is 1. The molecule has 0 radical (unpaired) electrons. The minimum atomic E-state index is -0.229. The van der Waals surface area contributed by atoms with Crippen molar-refractivity contribution in [2.45, 2.75) is 39.4 Å². The lowest BCUT2D eigenvalue weighted by molar-refractivity contribution is -0.161. The monoisotopic (exact) mass is 228 g/mol. The van der Waals surface area contributed by atoms with E-state index in [-0.39, 0.29) is 23.5 Å². The van der Waals surface area contributed by atoms with Gasteiger partial charge in [-0.1, -0.05) is 6.92 Å². The van der Waals surface area contributed by atoms with Gasteiger partial charge in [-0.25, -0.2) is 0 Å². The van der Waals surface area contributed by atoms with Gasteiger partial charge in [-0.2, -0.15) is 0 Å². The zero-order valence-electron chi connectivity index (χ0n) is 11.0.